The zero-order chi connectivity index (χ0) is 25.0. The first-order valence-corrected chi connectivity index (χ1v) is 12.1. The van der Waals surface area contributed by atoms with Crippen molar-refractivity contribution in [1.82, 2.24) is 19.6 Å². The van der Waals surface area contributed by atoms with Gasteiger partial charge in [-0.2, -0.15) is 23.0 Å². The Balaban J connectivity index is 1.23. The Morgan fingerprint density at radius 2 is 1.69 bits per heavy atom. The lowest BCUT2D eigenvalue weighted by molar-refractivity contribution is -0.137. The molecule has 2 aromatic heterocycles. The normalized spacial score (nSPS) is 17.9. The first kappa shape index (κ1) is 23.5. The third-order valence-corrected chi connectivity index (χ3v) is 8.11. The van der Waals surface area contributed by atoms with Crippen LogP contribution in [0.1, 0.15) is 51.9 Å². The van der Waals surface area contributed by atoms with Gasteiger partial charge in [-0.05, 0) is 54.3 Å². The number of Topliss-reactive ketones (excluding diaryl/α,β-unsaturated/α-hetero) is 1. The highest BCUT2D eigenvalue weighted by atomic mass is 32.1. The van der Waals surface area contributed by atoms with Gasteiger partial charge in [0.05, 0.1) is 10.4 Å². The molecule has 2 aliphatic rings. The summed E-state index contributed by atoms with van der Waals surface area (Å²) in [7, 11) is 0. The van der Waals surface area contributed by atoms with Crippen LogP contribution in [-0.2, 0) is 6.18 Å². The van der Waals surface area contributed by atoms with Crippen molar-refractivity contribution in [1.29, 1.82) is 0 Å². The van der Waals surface area contributed by atoms with Crippen molar-refractivity contribution in [3.05, 3.63) is 52.7 Å². The van der Waals surface area contributed by atoms with Crippen molar-refractivity contribution in [3.63, 3.8) is 0 Å². The van der Waals surface area contributed by atoms with Crippen LogP contribution in [0, 0.1) is 5.41 Å². The molecule has 5 rings (SSSR count). The van der Waals surface area contributed by atoms with Gasteiger partial charge in [0.25, 0.3) is 5.91 Å². The summed E-state index contributed by atoms with van der Waals surface area (Å²) in [6.07, 6.45) is -0.634. The zero-order valence-corrected chi connectivity index (χ0v) is 19.8. The molecule has 11 heteroatoms. The quantitative estimate of drug-likeness (QED) is 0.465. The van der Waals surface area contributed by atoms with Crippen molar-refractivity contribution in [2.75, 3.05) is 26.2 Å². The summed E-state index contributed by atoms with van der Waals surface area (Å²) in [5.74, 6) is -0.368. The standard InChI is InChI=1S/C24H23F3N4O3S/c1-15(32)18-4-8-31(28-18)22(34)29-9-5-23(6-10-29)7-11-30(14-23)21(33)20-12-16-2-3-17(24(25,26)27)13-19(16)35-20/h2-4,8,12-13H,5-7,9-11,14H2,1H3. The fourth-order valence-electron chi connectivity index (χ4n) is 4.92. The number of carbonyl (C=O) groups excluding carboxylic acids is 3. The number of amides is 2. The van der Waals surface area contributed by atoms with Crippen LogP contribution in [-0.4, -0.2) is 63.5 Å². The van der Waals surface area contributed by atoms with Gasteiger partial charge in [0.1, 0.15) is 5.69 Å². The van der Waals surface area contributed by atoms with Crippen LogP contribution in [0.5, 0.6) is 0 Å². The predicted octanol–water partition coefficient (Wildman–Crippen LogP) is 4.92. The van der Waals surface area contributed by atoms with Crippen LogP contribution >= 0.6 is 11.3 Å². The van der Waals surface area contributed by atoms with E-state index in [1.165, 1.54) is 29.9 Å². The summed E-state index contributed by atoms with van der Waals surface area (Å²) < 4.78 is 40.7. The number of thiophene rings is 1. The molecular formula is C24H23F3N4O3S. The monoisotopic (exact) mass is 504 g/mol. The van der Waals surface area contributed by atoms with E-state index in [9.17, 15) is 27.6 Å². The first-order chi connectivity index (χ1) is 16.5. The Kier molecular flexibility index (Phi) is 5.70. The molecule has 0 unspecified atom stereocenters. The Labute approximate surface area is 203 Å². The molecule has 35 heavy (non-hydrogen) atoms. The number of rotatable bonds is 2. The Hall–Kier alpha value is -3.21. The van der Waals surface area contributed by atoms with Crippen molar-refractivity contribution in [2.24, 2.45) is 5.41 Å². The second-order valence-electron chi connectivity index (χ2n) is 9.31. The molecule has 1 aromatic carbocycles. The highest BCUT2D eigenvalue weighted by molar-refractivity contribution is 7.20. The van der Waals surface area contributed by atoms with E-state index in [2.05, 4.69) is 5.10 Å². The van der Waals surface area contributed by atoms with Crippen LogP contribution in [0.4, 0.5) is 18.0 Å². The number of likely N-dealkylation sites (tertiary alicyclic amines) is 2. The SMILES string of the molecule is CC(=O)c1ccn(C(=O)N2CCC3(CCN(C(=O)c4cc5ccc(C(F)(F)F)cc5s4)C3)CC2)n1. The fourth-order valence-corrected chi connectivity index (χ4v) is 5.99. The van der Waals surface area contributed by atoms with E-state index in [0.29, 0.717) is 41.1 Å². The number of nitrogens with zero attached hydrogens (tertiary/aromatic N) is 4. The van der Waals surface area contributed by atoms with E-state index >= 15 is 0 Å². The molecule has 0 atom stereocenters. The highest BCUT2D eigenvalue weighted by Crippen LogP contribution is 2.42. The van der Waals surface area contributed by atoms with E-state index in [1.807, 2.05) is 0 Å². The molecule has 0 radical (unpaired) electrons. The minimum Gasteiger partial charge on any atom is -0.337 e. The number of fused-ring (bicyclic) bond motifs is 1. The van der Waals surface area contributed by atoms with E-state index in [1.54, 1.807) is 15.9 Å². The van der Waals surface area contributed by atoms with Gasteiger partial charge in [-0.3, -0.25) is 9.59 Å². The Morgan fingerprint density at radius 1 is 1.00 bits per heavy atom. The molecule has 2 saturated heterocycles. The lowest BCUT2D eigenvalue weighted by atomic mass is 9.78. The number of aromatic nitrogens is 2. The van der Waals surface area contributed by atoms with E-state index in [0.717, 1.165) is 42.7 Å². The molecule has 2 aliphatic heterocycles. The van der Waals surface area contributed by atoms with Crippen LogP contribution < -0.4 is 0 Å². The summed E-state index contributed by atoms with van der Waals surface area (Å²) in [6, 6.07) is 6.43. The van der Waals surface area contributed by atoms with Gasteiger partial charge in [0.15, 0.2) is 5.78 Å². The molecule has 184 valence electrons. The molecule has 0 aliphatic carbocycles. The van der Waals surface area contributed by atoms with Gasteiger partial charge >= 0.3 is 12.2 Å². The summed E-state index contributed by atoms with van der Waals surface area (Å²) in [4.78, 5) is 41.3. The first-order valence-electron chi connectivity index (χ1n) is 11.3. The third-order valence-electron chi connectivity index (χ3n) is 7.02. The summed E-state index contributed by atoms with van der Waals surface area (Å²) in [6.45, 7) is 3.59. The largest absolute Gasteiger partial charge is 0.416 e. The van der Waals surface area contributed by atoms with E-state index in [-0.39, 0.29) is 28.8 Å². The van der Waals surface area contributed by atoms with E-state index < -0.39 is 11.7 Å². The highest BCUT2D eigenvalue weighted by Gasteiger charge is 2.43. The van der Waals surface area contributed by atoms with Gasteiger partial charge in [0, 0.05) is 44.0 Å². The number of ketones is 1. The van der Waals surface area contributed by atoms with Crippen molar-refractivity contribution < 1.29 is 27.6 Å². The minimum atomic E-state index is -4.42. The lowest BCUT2D eigenvalue weighted by Gasteiger charge is -2.38. The number of hydrogen-bond donors (Lipinski definition) is 0. The summed E-state index contributed by atoms with van der Waals surface area (Å²) >= 11 is 1.09. The lowest BCUT2D eigenvalue weighted by Crippen LogP contribution is -2.46. The fraction of sp³-hybridized carbons (Fsp3) is 0.417. The van der Waals surface area contributed by atoms with Gasteiger partial charge in [-0.15, -0.1) is 11.3 Å². The molecule has 3 aromatic rings. The van der Waals surface area contributed by atoms with Gasteiger partial charge in [-0.25, -0.2) is 4.79 Å². The van der Waals surface area contributed by atoms with Crippen molar-refractivity contribution in [2.45, 2.75) is 32.4 Å². The average Bonchev–Trinajstić information content (AvgIpc) is 3.56. The molecule has 4 heterocycles. The molecule has 0 bridgehead atoms. The van der Waals surface area contributed by atoms with Crippen molar-refractivity contribution in [3.8, 4) is 0 Å². The number of piperidine rings is 1. The topological polar surface area (TPSA) is 75.5 Å². The second kappa shape index (κ2) is 8.47. The number of benzene rings is 1. The van der Waals surface area contributed by atoms with Gasteiger partial charge in [-0.1, -0.05) is 6.07 Å². The number of carbonyl (C=O) groups is 3. The van der Waals surface area contributed by atoms with Crippen LogP contribution in [0.15, 0.2) is 36.5 Å². The smallest absolute Gasteiger partial charge is 0.337 e. The van der Waals surface area contributed by atoms with Gasteiger partial charge in [0.2, 0.25) is 0 Å². The second-order valence-corrected chi connectivity index (χ2v) is 10.4. The molecule has 2 fully saturated rings. The van der Waals surface area contributed by atoms with Gasteiger partial charge < -0.3 is 9.80 Å². The predicted molar refractivity (Wildman–Crippen MR) is 124 cm³/mol. The number of alkyl halides is 3. The number of hydrogen-bond acceptors (Lipinski definition) is 5. The van der Waals surface area contributed by atoms with Crippen LogP contribution in [0.3, 0.4) is 0 Å². The summed E-state index contributed by atoms with van der Waals surface area (Å²) in [5.41, 5.74) is -0.561. The minimum absolute atomic E-state index is 0.0821. The van der Waals surface area contributed by atoms with Crippen LogP contribution in [0.25, 0.3) is 10.1 Å². The number of halogens is 3. The Morgan fingerprint density at radius 3 is 2.31 bits per heavy atom. The molecule has 1 spiro atoms. The Bertz CT molecular complexity index is 1320. The maximum atomic E-state index is 13.1. The molecule has 2 amide bonds. The van der Waals surface area contributed by atoms with E-state index in [4.69, 9.17) is 0 Å². The van der Waals surface area contributed by atoms with Crippen LogP contribution in [0.2, 0.25) is 0 Å². The maximum Gasteiger partial charge on any atom is 0.416 e. The molecule has 0 saturated carbocycles. The molecule has 7 nitrogen and oxygen atoms in total. The average molecular weight is 505 g/mol. The molecule has 0 N–H and O–H groups in total. The summed E-state index contributed by atoms with van der Waals surface area (Å²) in [5, 5.41) is 4.67. The third kappa shape index (κ3) is 4.44. The maximum absolute atomic E-state index is 13.1. The van der Waals surface area contributed by atoms with Crippen molar-refractivity contribution >= 4 is 39.1 Å². The zero-order valence-electron chi connectivity index (χ0n) is 19.0. The molecular weight excluding hydrogens is 481 g/mol.